The van der Waals surface area contributed by atoms with Crippen LogP contribution in [0.3, 0.4) is 0 Å². The van der Waals surface area contributed by atoms with Crippen molar-refractivity contribution in [2.75, 3.05) is 18.0 Å². The Kier molecular flexibility index (Phi) is 6.85. The van der Waals surface area contributed by atoms with E-state index in [2.05, 4.69) is 36.2 Å². The molecule has 1 atom stereocenters. The summed E-state index contributed by atoms with van der Waals surface area (Å²) >= 11 is 6.28. The van der Waals surface area contributed by atoms with Gasteiger partial charge in [0, 0.05) is 29.8 Å². The van der Waals surface area contributed by atoms with Crippen molar-refractivity contribution in [1.82, 2.24) is 5.32 Å². The Hall–Kier alpha value is -0.730. The molecule has 1 heterocycles. The Morgan fingerprint density at radius 1 is 1.24 bits per heavy atom. The normalized spacial score (nSPS) is 19.6. The molecule has 0 bridgehead atoms. The van der Waals surface area contributed by atoms with Crippen molar-refractivity contribution < 1.29 is 0 Å². The fraction of sp³-hybridized carbons (Fsp3) is 0.667. The molecular formula is C18H29ClN2. The second-order valence-electron chi connectivity index (χ2n) is 6.05. The predicted octanol–water partition coefficient (Wildman–Crippen LogP) is 5.00. The molecule has 1 fully saturated rings. The number of halogens is 1. The zero-order chi connectivity index (χ0) is 15.1. The number of anilines is 1. The van der Waals surface area contributed by atoms with E-state index in [-0.39, 0.29) is 0 Å². The molecule has 3 heteroatoms. The summed E-state index contributed by atoms with van der Waals surface area (Å²) in [5.74, 6) is 0. The first kappa shape index (κ1) is 16.6. The molecule has 1 aromatic rings. The summed E-state index contributed by atoms with van der Waals surface area (Å²) in [6, 6.07) is 7.04. The SMILES string of the molecule is CCCNCc1ccc(Cl)cc1N1CCCCCC1CC. The smallest absolute Gasteiger partial charge is 0.0429 e. The standard InChI is InChI=1S/C18H29ClN2/c1-3-11-20-14-15-9-10-16(19)13-18(15)21-12-7-5-6-8-17(21)4-2/h9-10,13,17,20H,3-8,11-12,14H2,1-2H3. The highest BCUT2D eigenvalue weighted by molar-refractivity contribution is 6.30. The van der Waals surface area contributed by atoms with E-state index in [9.17, 15) is 0 Å². The number of rotatable bonds is 6. The summed E-state index contributed by atoms with van der Waals surface area (Å²) in [6.07, 6.45) is 7.71. The van der Waals surface area contributed by atoms with Gasteiger partial charge in [0.1, 0.15) is 0 Å². The van der Waals surface area contributed by atoms with Gasteiger partial charge in [-0.1, -0.05) is 44.4 Å². The molecule has 118 valence electrons. The lowest BCUT2D eigenvalue weighted by Gasteiger charge is -2.33. The molecule has 1 aliphatic heterocycles. The van der Waals surface area contributed by atoms with Gasteiger partial charge in [-0.05, 0) is 49.9 Å². The van der Waals surface area contributed by atoms with E-state index in [1.54, 1.807) is 0 Å². The fourth-order valence-corrected chi connectivity index (χ4v) is 3.44. The summed E-state index contributed by atoms with van der Waals surface area (Å²) in [5.41, 5.74) is 2.73. The summed E-state index contributed by atoms with van der Waals surface area (Å²) in [4.78, 5) is 2.61. The van der Waals surface area contributed by atoms with E-state index in [1.165, 1.54) is 56.3 Å². The van der Waals surface area contributed by atoms with Crippen molar-refractivity contribution in [3.63, 3.8) is 0 Å². The van der Waals surface area contributed by atoms with Crippen LogP contribution >= 0.6 is 11.6 Å². The van der Waals surface area contributed by atoms with Gasteiger partial charge in [-0.25, -0.2) is 0 Å². The zero-order valence-electron chi connectivity index (χ0n) is 13.5. The quantitative estimate of drug-likeness (QED) is 0.744. The summed E-state index contributed by atoms with van der Waals surface area (Å²) in [7, 11) is 0. The molecule has 1 saturated heterocycles. The van der Waals surface area contributed by atoms with E-state index in [0.717, 1.165) is 18.1 Å². The molecule has 1 aromatic carbocycles. The van der Waals surface area contributed by atoms with Crippen molar-refractivity contribution in [2.45, 2.75) is 65.0 Å². The third kappa shape index (κ3) is 4.62. The van der Waals surface area contributed by atoms with Crippen molar-refractivity contribution in [3.05, 3.63) is 28.8 Å². The third-order valence-corrected chi connectivity index (χ3v) is 4.68. The zero-order valence-corrected chi connectivity index (χ0v) is 14.3. The van der Waals surface area contributed by atoms with Crippen LogP contribution in [-0.2, 0) is 6.54 Å². The van der Waals surface area contributed by atoms with Crippen molar-refractivity contribution in [2.24, 2.45) is 0 Å². The van der Waals surface area contributed by atoms with Crippen LogP contribution in [0, 0.1) is 0 Å². The van der Waals surface area contributed by atoms with Crippen LogP contribution in [0.15, 0.2) is 18.2 Å². The van der Waals surface area contributed by atoms with Gasteiger partial charge in [0.05, 0.1) is 0 Å². The number of nitrogens with one attached hydrogen (secondary N) is 1. The highest BCUT2D eigenvalue weighted by Gasteiger charge is 2.21. The second-order valence-corrected chi connectivity index (χ2v) is 6.49. The number of hydrogen-bond donors (Lipinski definition) is 1. The van der Waals surface area contributed by atoms with Gasteiger partial charge in [-0.2, -0.15) is 0 Å². The van der Waals surface area contributed by atoms with Crippen LogP contribution in [0.1, 0.15) is 57.9 Å². The molecule has 21 heavy (non-hydrogen) atoms. The van der Waals surface area contributed by atoms with Gasteiger partial charge in [-0.15, -0.1) is 0 Å². The Bertz CT molecular complexity index is 433. The van der Waals surface area contributed by atoms with Gasteiger partial charge in [0.15, 0.2) is 0 Å². The summed E-state index contributed by atoms with van der Waals surface area (Å²) in [5, 5.41) is 4.38. The van der Waals surface area contributed by atoms with E-state index < -0.39 is 0 Å². The van der Waals surface area contributed by atoms with Crippen LogP contribution in [-0.4, -0.2) is 19.1 Å². The van der Waals surface area contributed by atoms with Crippen molar-refractivity contribution in [1.29, 1.82) is 0 Å². The topological polar surface area (TPSA) is 15.3 Å². The first-order valence-electron chi connectivity index (χ1n) is 8.52. The average molecular weight is 309 g/mol. The molecule has 2 rings (SSSR count). The minimum absolute atomic E-state index is 0.663. The second kappa shape index (κ2) is 8.65. The number of hydrogen-bond acceptors (Lipinski definition) is 2. The maximum Gasteiger partial charge on any atom is 0.0429 e. The highest BCUT2D eigenvalue weighted by Crippen LogP contribution is 2.31. The largest absolute Gasteiger partial charge is 0.368 e. The summed E-state index contributed by atoms with van der Waals surface area (Å²) in [6.45, 7) is 7.69. The minimum Gasteiger partial charge on any atom is -0.368 e. The fourth-order valence-electron chi connectivity index (χ4n) is 3.27. The van der Waals surface area contributed by atoms with E-state index >= 15 is 0 Å². The molecule has 1 aliphatic rings. The van der Waals surface area contributed by atoms with Crippen LogP contribution in [0.5, 0.6) is 0 Å². The number of benzene rings is 1. The Morgan fingerprint density at radius 3 is 2.86 bits per heavy atom. The molecular weight excluding hydrogens is 280 g/mol. The first-order chi connectivity index (χ1) is 10.3. The van der Waals surface area contributed by atoms with Crippen molar-refractivity contribution in [3.8, 4) is 0 Å². The van der Waals surface area contributed by atoms with Gasteiger partial charge in [0.2, 0.25) is 0 Å². The Morgan fingerprint density at radius 2 is 2.10 bits per heavy atom. The first-order valence-corrected chi connectivity index (χ1v) is 8.89. The highest BCUT2D eigenvalue weighted by atomic mass is 35.5. The van der Waals surface area contributed by atoms with Crippen LogP contribution in [0.2, 0.25) is 5.02 Å². The predicted molar refractivity (Wildman–Crippen MR) is 93.3 cm³/mol. The van der Waals surface area contributed by atoms with Crippen LogP contribution < -0.4 is 10.2 Å². The molecule has 0 amide bonds. The average Bonchev–Trinajstić information content (AvgIpc) is 2.74. The Labute approximate surface area is 134 Å². The maximum absolute atomic E-state index is 6.28. The van der Waals surface area contributed by atoms with E-state index in [4.69, 9.17) is 11.6 Å². The van der Waals surface area contributed by atoms with Gasteiger partial charge in [0.25, 0.3) is 0 Å². The molecule has 0 aliphatic carbocycles. The molecule has 1 N–H and O–H groups in total. The number of nitrogens with zero attached hydrogens (tertiary/aromatic N) is 1. The third-order valence-electron chi connectivity index (χ3n) is 4.45. The molecule has 0 radical (unpaired) electrons. The molecule has 2 nitrogen and oxygen atoms in total. The lowest BCUT2D eigenvalue weighted by Crippen LogP contribution is -2.35. The van der Waals surface area contributed by atoms with Gasteiger partial charge in [-0.3, -0.25) is 0 Å². The maximum atomic E-state index is 6.28. The van der Waals surface area contributed by atoms with Crippen LogP contribution in [0.4, 0.5) is 5.69 Å². The molecule has 0 spiro atoms. The summed E-state index contributed by atoms with van der Waals surface area (Å²) < 4.78 is 0. The molecule has 0 aromatic heterocycles. The van der Waals surface area contributed by atoms with Gasteiger partial charge >= 0.3 is 0 Å². The van der Waals surface area contributed by atoms with E-state index in [0.29, 0.717) is 6.04 Å². The minimum atomic E-state index is 0.663. The van der Waals surface area contributed by atoms with Gasteiger partial charge < -0.3 is 10.2 Å². The van der Waals surface area contributed by atoms with Crippen molar-refractivity contribution >= 4 is 17.3 Å². The Balaban J connectivity index is 2.23. The molecule has 1 unspecified atom stereocenters. The lowest BCUT2D eigenvalue weighted by molar-refractivity contribution is 0.553. The molecule has 0 saturated carbocycles. The van der Waals surface area contributed by atoms with E-state index in [1.807, 2.05) is 6.07 Å². The monoisotopic (exact) mass is 308 g/mol. The van der Waals surface area contributed by atoms with Crippen LogP contribution in [0.25, 0.3) is 0 Å². The lowest BCUT2D eigenvalue weighted by atomic mass is 10.0.